The van der Waals surface area contributed by atoms with E-state index in [1.165, 1.54) is 6.42 Å². The number of hydrogen-bond donors (Lipinski definition) is 3. The van der Waals surface area contributed by atoms with Gasteiger partial charge in [-0.05, 0) is 50.4 Å². The van der Waals surface area contributed by atoms with Crippen LogP contribution in [0, 0.1) is 13.8 Å². The molecule has 96 valence electrons. The Hall–Kier alpha value is -1.48. The molecule has 1 aromatic heterocycles. The first-order chi connectivity index (χ1) is 8.68. The second-order valence-electron chi connectivity index (χ2n) is 5.34. The summed E-state index contributed by atoms with van der Waals surface area (Å²) in [6, 6.07) is 4.17. The first kappa shape index (κ1) is 11.6. The normalized spacial score (nSPS) is 20.4. The Balaban J connectivity index is 2.13. The lowest BCUT2D eigenvalue weighted by Gasteiger charge is -2.24. The molecule has 0 saturated carbocycles. The third-order valence-electron chi connectivity index (χ3n) is 4.21. The molecule has 1 saturated heterocycles. The van der Waals surface area contributed by atoms with Crippen molar-refractivity contribution in [2.24, 2.45) is 0 Å². The van der Waals surface area contributed by atoms with Crippen molar-refractivity contribution in [3.05, 3.63) is 29.0 Å². The zero-order chi connectivity index (χ0) is 12.7. The molecular weight excluding hydrogens is 224 g/mol. The summed E-state index contributed by atoms with van der Waals surface area (Å²) in [5.74, 6) is 0.917. The van der Waals surface area contributed by atoms with Crippen molar-refractivity contribution in [3.8, 4) is 5.75 Å². The highest BCUT2D eigenvalue weighted by molar-refractivity contribution is 5.91. The summed E-state index contributed by atoms with van der Waals surface area (Å²) in [5.41, 5.74) is 4.43. The lowest BCUT2D eigenvalue weighted by atomic mass is 9.89. The topological polar surface area (TPSA) is 48.0 Å². The molecule has 1 unspecified atom stereocenters. The zero-order valence-electron chi connectivity index (χ0n) is 11.0. The summed E-state index contributed by atoms with van der Waals surface area (Å²) < 4.78 is 0. The van der Waals surface area contributed by atoms with Gasteiger partial charge in [-0.15, -0.1) is 0 Å². The highest BCUT2D eigenvalue weighted by Crippen LogP contribution is 2.38. The van der Waals surface area contributed by atoms with Crippen LogP contribution in [-0.2, 0) is 0 Å². The van der Waals surface area contributed by atoms with Gasteiger partial charge >= 0.3 is 0 Å². The number of phenols is 1. The lowest BCUT2D eigenvalue weighted by Crippen LogP contribution is -2.28. The molecule has 1 aliphatic heterocycles. The number of aromatic hydroxyl groups is 1. The molecule has 0 spiro atoms. The molecule has 2 aromatic rings. The van der Waals surface area contributed by atoms with Gasteiger partial charge in [-0.25, -0.2) is 0 Å². The monoisotopic (exact) mass is 244 g/mol. The maximum absolute atomic E-state index is 10.5. The molecule has 3 N–H and O–H groups in total. The van der Waals surface area contributed by atoms with Crippen LogP contribution >= 0.6 is 0 Å². The van der Waals surface area contributed by atoms with Crippen molar-refractivity contribution in [2.45, 2.75) is 32.6 Å². The summed E-state index contributed by atoms with van der Waals surface area (Å²) in [6.07, 6.45) is 2.35. The third kappa shape index (κ3) is 1.70. The summed E-state index contributed by atoms with van der Waals surface area (Å²) in [6.45, 7) is 6.19. The predicted molar refractivity (Wildman–Crippen MR) is 74.3 cm³/mol. The van der Waals surface area contributed by atoms with Gasteiger partial charge in [0.1, 0.15) is 5.75 Å². The van der Waals surface area contributed by atoms with Crippen molar-refractivity contribution in [3.63, 3.8) is 0 Å². The van der Waals surface area contributed by atoms with Crippen LogP contribution in [0.1, 0.15) is 35.6 Å². The first-order valence-electron chi connectivity index (χ1n) is 6.70. The number of H-pyrrole nitrogens is 1. The van der Waals surface area contributed by atoms with Crippen molar-refractivity contribution in [2.75, 3.05) is 13.1 Å². The number of aromatic nitrogens is 1. The number of hydrogen-bond acceptors (Lipinski definition) is 2. The van der Waals surface area contributed by atoms with Crippen LogP contribution in [0.2, 0.25) is 0 Å². The van der Waals surface area contributed by atoms with Gasteiger partial charge in [-0.1, -0.05) is 6.07 Å². The molecule has 1 atom stereocenters. The summed E-state index contributed by atoms with van der Waals surface area (Å²) in [4.78, 5) is 3.32. The Morgan fingerprint density at radius 2 is 2.11 bits per heavy atom. The van der Waals surface area contributed by atoms with E-state index in [2.05, 4.69) is 36.3 Å². The van der Waals surface area contributed by atoms with Gasteiger partial charge in [0.05, 0.1) is 0 Å². The van der Waals surface area contributed by atoms with Gasteiger partial charge in [0.15, 0.2) is 0 Å². The summed E-state index contributed by atoms with van der Waals surface area (Å²) in [5, 5.41) is 15.0. The van der Waals surface area contributed by atoms with Gasteiger partial charge < -0.3 is 15.4 Å². The molecule has 1 aromatic carbocycles. The fourth-order valence-electron chi connectivity index (χ4n) is 3.02. The Kier molecular flexibility index (Phi) is 2.78. The van der Waals surface area contributed by atoms with Crippen LogP contribution < -0.4 is 5.32 Å². The molecular formula is C15H20N2O. The maximum Gasteiger partial charge on any atom is 0.128 e. The number of aromatic amines is 1. The second-order valence-corrected chi connectivity index (χ2v) is 5.34. The number of benzene rings is 1. The van der Waals surface area contributed by atoms with Gasteiger partial charge in [-0.3, -0.25) is 0 Å². The molecule has 3 rings (SSSR count). The molecule has 0 amide bonds. The van der Waals surface area contributed by atoms with Crippen LogP contribution in [0.3, 0.4) is 0 Å². The van der Waals surface area contributed by atoms with Gasteiger partial charge in [0.2, 0.25) is 0 Å². The fourth-order valence-corrected chi connectivity index (χ4v) is 3.02. The SMILES string of the molecule is Cc1[nH]c2ccc(C3CCCNC3)c(O)c2c1C. The molecule has 3 nitrogen and oxygen atoms in total. The van der Waals surface area contributed by atoms with Crippen molar-refractivity contribution in [1.29, 1.82) is 0 Å². The molecule has 2 heterocycles. The molecule has 3 heteroatoms. The number of rotatable bonds is 1. The molecule has 1 aliphatic rings. The van der Waals surface area contributed by atoms with E-state index in [1.807, 2.05) is 0 Å². The van der Waals surface area contributed by atoms with Crippen LogP contribution in [0.5, 0.6) is 5.75 Å². The molecule has 0 bridgehead atoms. The van der Waals surface area contributed by atoms with Crippen LogP contribution in [-0.4, -0.2) is 23.2 Å². The van der Waals surface area contributed by atoms with Gasteiger partial charge in [-0.2, -0.15) is 0 Å². The Morgan fingerprint density at radius 1 is 1.28 bits per heavy atom. The Bertz CT molecular complexity index is 580. The van der Waals surface area contributed by atoms with Crippen molar-refractivity contribution < 1.29 is 5.11 Å². The number of piperidine rings is 1. The van der Waals surface area contributed by atoms with Crippen LogP contribution in [0.4, 0.5) is 0 Å². The van der Waals surface area contributed by atoms with E-state index in [4.69, 9.17) is 0 Å². The molecule has 18 heavy (non-hydrogen) atoms. The summed E-state index contributed by atoms with van der Waals surface area (Å²) >= 11 is 0. The van der Waals surface area contributed by atoms with E-state index in [-0.39, 0.29) is 0 Å². The van der Waals surface area contributed by atoms with Crippen molar-refractivity contribution >= 4 is 10.9 Å². The predicted octanol–water partition coefficient (Wildman–Crippen LogP) is 2.96. The fraction of sp³-hybridized carbons (Fsp3) is 0.467. The van der Waals surface area contributed by atoms with Gasteiger partial charge in [0, 0.05) is 29.1 Å². The minimum Gasteiger partial charge on any atom is -0.507 e. The molecule has 0 radical (unpaired) electrons. The molecule has 1 fully saturated rings. The van der Waals surface area contributed by atoms with E-state index >= 15 is 0 Å². The Morgan fingerprint density at radius 3 is 2.83 bits per heavy atom. The van der Waals surface area contributed by atoms with E-state index in [0.29, 0.717) is 11.7 Å². The highest BCUT2D eigenvalue weighted by atomic mass is 16.3. The minimum atomic E-state index is 0.442. The quantitative estimate of drug-likeness (QED) is 0.722. The standard InChI is InChI=1S/C15H20N2O/c1-9-10(2)17-13-6-5-12(15(18)14(9)13)11-4-3-7-16-8-11/h5-6,11,16-18H,3-4,7-8H2,1-2H3. The Labute approximate surface area is 107 Å². The van der Waals surface area contributed by atoms with Crippen LogP contribution in [0.25, 0.3) is 10.9 Å². The highest BCUT2D eigenvalue weighted by Gasteiger charge is 2.21. The number of nitrogens with one attached hydrogen (secondary N) is 2. The van der Waals surface area contributed by atoms with E-state index in [1.54, 1.807) is 0 Å². The number of fused-ring (bicyclic) bond motifs is 1. The zero-order valence-corrected chi connectivity index (χ0v) is 11.0. The van der Waals surface area contributed by atoms with E-state index < -0.39 is 0 Å². The average molecular weight is 244 g/mol. The lowest BCUT2D eigenvalue weighted by molar-refractivity contribution is 0.429. The molecule has 0 aliphatic carbocycles. The first-order valence-corrected chi connectivity index (χ1v) is 6.70. The minimum absolute atomic E-state index is 0.442. The third-order valence-corrected chi connectivity index (χ3v) is 4.21. The second kappa shape index (κ2) is 4.32. The largest absolute Gasteiger partial charge is 0.507 e. The van der Waals surface area contributed by atoms with Gasteiger partial charge in [0.25, 0.3) is 0 Å². The van der Waals surface area contributed by atoms with E-state index in [0.717, 1.165) is 47.2 Å². The van der Waals surface area contributed by atoms with E-state index in [9.17, 15) is 5.11 Å². The maximum atomic E-state index is 10.5. The number of aryl methyl sites for hydroxylation is 2. The van der Waals surface area contributed by atoms with Crippen molar-refractivity contribution in [1.82, 2.24) is 10.3 Å². The summed E-state index contributed by atoms with van der Waals surface area (Å²) in [7, 11) is 0. The average Bonchev–Trinajstić information content (AvgIpc) is 2.67. The van der Waals surface area contributed by atoms with Crippen LogP contribution in [0.15, 0.2) is 12.1 Å². The number of phenolic OH excluding ortho intramolecular Hbond substituents is 1. The smallest absolute Gasteiger partial charge is 0.128 e.